The Morgan fingerprint density at radius 1 is 1.04 bits per heavy atom. The van der Waals surface area contributed by atoms with Crippen LogP contribution in [0.3, 0.4) is 0 Å². The molecule has 5 N–H and O–H groups in total. The number of aliphatic hydroxyl groups is 1. The maximum absolute atomic E-state index is 12.4. The molecule has 0 saturated carbocycles. The van der Waals surface area contributed by atoms with Gasteiger partial charge in [-0.15, -0.1) is 0 Å². The highest BCUT2D eigenvalue weighted by atomic mass is 35.5. The number of allylic oxidation sites excluding steroid dienone is 1. The van der Waals surface area contributed by atoms with Gasteiger partial charge in [0.15, 0.2) is 23.5 Å². The molecule has 13 nitrogen and oxygen atoms in total. The lowest BCUT2D eigenvalue weighted by Crippen LogP contribution is -2.45. The van der Waals surface area contributed by atoms with Crippen molar-refractivity contribution < 1.29 is 43.5 Å². The summed E-state index contributed by atoms with van der Waals surface area (Å²) in [5, 5.41) is 29.2. The number of nitrogens with one attached hydrogen (secondary N) is 3. The smallest absolute Gasteiger partial charge is 0.337 e. The highest BCUT2D eigenvalue weighted by molar-refractivity contribution is 6.37. The molecule has 1 heterocycles. The molecule has 0 radical (unpaired) electrons. The van der Waals surface area contributed by atoms with Gasteiger partial charge in [-0.25, -0.2) is 14.4 Å². The number of hydrogen-bond acceptors (Lipinski definition) is 10. The molecule has 0 saturated heterocycles. The molecule has 15 heteroatoms. The lowest BCUT2D eigenvalue weighted by Gasteiger charge is -2.28. The molecule has 0 fully saturated rings. The average Bonchev–Trinajstić information content (AvgIpc) is 3.03. The third-order valence-corrected chi connectivity index (χ3v) is 7.28. The van der Waals surface area contributed by atoms with Crippen LogP contribution >= 0.6 is 23.2 Å². The molecule has 1 aliphatic rings. The minimum absolute atomic E-state index is 0.119. The number of carboxylic acids is 1. The number of ether oxygens (including phenoxy) is 4. The summed E-state index contributed by atoms with van der Waals surface area (Å²) in [5.41, 5.74) is 5.14. The van der Waals surface area contributed by atoms with Gasteiger partial charge in [0.1, 0.15) is 13.2 Å². The van der Waals surface area contributed by atoms with E-state index in [-0.39, 0.29) is 40.1 Å². The van der Waals surface area contributed by atoms with Crippen LogP contribution in [0.2, 0.25) is 10.0 Å². The Morgan fingerprint density at radius 2 is 1.74 bits per heavy atom. The van der Waals surface area contributed by atoms with E-state index in [0.29, 0.717) is 34.9 Å². The summed E-state index contributed by atoms with van der Waals surface area (Å²) in [4.78, 5) is 35.6. The molecule has 2 amide bonds. The first-order valence-corrected chi connectivity index (χ1v) is 14.9. The molecule has 3 aromatic carbocycles. The molecule has 4 rings (SSSR count). The molecule has 0 spiro atoms. The van der Waals surface area contributed by atoms with Crippen LogP contribution < -0.4 is 30.3 Å². The van der Waals surface area contributed by atoms with Crippen molar-refractivity contribution in [3.63, 3.8) is 0 Å². The number of carboxylic acid groups (broad SMARTS) is 1. The molecule has 2 atom stereocenters. The van der Waals surface area contributed by atoms with E-state index in [1.54, 1.807) is 56.3 Å². The molecule has 248 valence electrons. The first-order valence-electron chi connectivity index (χ1n) is 14.2. The number of esters is 1. The summed E-state index contributed by atoms with van der Waals surface area (Å²) in [6, 6.07) is 13.0. The summed E-state index contributed by atoms with van der Waals surface area (Å²) >= 11 is 12.7. The summed E-state index contributed by atoms with van der Waals surface area (Å²) in [6.45, 7) is 3.61. The number of hydrogen-bond donors (Lipinski definition) is 5. The second-order valence-corrected chi connectivity index (χ2v) is 10.8. The highest BCUT2D eigenvalue weighted by Crippen LogP contribution is 2.36. The lowest BCUT2D eigenvalue weighted by molar-refractivity contribution is -0.136. The normalized spacial score (nSPS) is 15.0. The molecular formula is C32H32Cl2N4O9. The SMILES string of the molecule is CCOc1cc([C@H]2NC(=O)NC(C)=C2C(=O)OC)ccc1OC[C@H](O)N/N=C\c1cc(Cl)c(OCc2ccc(C(=O)O)cc2)c(Cl)c1. The van der Waals surface area contributed by atoms with E-state index in [2.05, 4.69) is 21.2 Å². The van der Waals surface area contributed by atoms with Gasteiger partial charge < -0.3 is 39.8 Å². The van der Waals surface area contributed by atoms with E-state index < -0.39 is 30.2 Å². The second kappa shape index (κ2) is 16.0. The summed E-state index contributed by atoms with van der Waals surface area (Å²) in [5.74, 6) is -0.718. The number of nitrogens with zero attached hydrogens (tertiary/aromatic N) is 1. The average molecular weight is 688 g/mol. The van der Waals surface area contributed by atoms with Crippen LogP contribution in [0.15, 0.2) is 71.0 Å². The van der Waals surface area contributed by atoms with Gasteiger partial charge in [0, 0.05) is 5.70 Å². The molecule has 0 aromatic heterocycles. The topological polar surface area (TPSA) is 177 Å². The van der Waals surface area contributed by atoms with E-state index in [1.807, 2.05) is 0 Å². The van der Waals surface area contributed by atoms with Gasteiger partial charge in [-0.2, -0.15) is 5.10 Å². The number of carbonyl (C=O) groups excluding carboxylic acids is 2. The van der Waals surface area contributed by atoms with Crippen molar-refractivity contribution >= 4 is 47.4 Å². The number of carbonyl (C=O) groups is 3. The molecular weight excluding hydrogens is 655 g/mol. The predicted molar refractivity (Wildman–Crippen MR) is 173 cm³/mol. The Hall–Kier alpha value is -4.98. The fourth-order valence-electron chi connectivity index (χ4n) is 4.51. The Morgan fingerprint density at radius 3 is 2.38 bits per heavy atom. The Kier molecular flexibility index (Phi) is 11.9. The zero-order valence-electron chi connectivity index (χ0n) is 25.5. The number of aliphatic hydroxyl groups excluding tert-OH is 1. The summed E-state index contributed by atoms with van der Waals surface area (Å²) in [7, 11) is 1.26. The van der Waals surface area contributed by atoms with Gasteiger partial charge in [-0.1, -0.05) is 41.4 Å². The summed E-state index contributed by atoms with van der Waals surface area (Å²) < 4.78 is 22.1. The quantitative estimate of drug-likeness (QED) is 0.0686. The molecule has 0 unspecified atom stereocenters. The standard InChI is InChI=1S/C32H32Cl2N4O9/c1-4-45-25-13-21(28-27(31(42)44-3)17(2)36-32(43)37-28)9-10-24(25)46-16-26(39)38-35-14-19-11-22(33)29(23(34)12-19)47-15-18-5-7-20(8-6-18)30(40)41/h5-14,26,28,38-39H,4,15-16H2,1-3H3,(H,40,41)(H2,36,37,43)/b35-14-/t26-,28+/m0/s1. The maximum Gasteiger partial charge on any atom is 0.337 e. The first-order chi connectivity index (χ1) is 22.5. The zero-order chi connectivity index (χ0) is 34.1. The number of benzene rings is 3. The largest absolute Gasteiger partial charge is 0.490 e. The van der Waals surface area contributed by atoms with E-state index >= 15 is 0 Å². The van der Waals surface area contributed by atoms with Gasteiger partial charge in [0.05, 0.1) is 47.2 Å². The van der Waals surface area contributed by atoms with Crippen molar-refractivity contribution in [3.8, 4) is 17.2 Å². The van der Waals surface area contributed by atoms with Gasteiger partial charge in [0.25, 0.3) is 0 Å². The van der Waals surface area contributed by atoms with Crippen LogP contribution in [0.25, 0.3) is 0 Å². The minimum Gasteiger partial charge on any atom is -0.490 e. The lowest BCUT2D eigenvalue weighted by atomic mass is 9.95. The van der Waals surface area contributed by atoms with E-state index in [1.165, 1.54) is 25.5 Å². The number of methoxy groups -OCH3 is 1. The van der Waals surface area contributed by atoms with Gasteiger partial charge in [-0.05, 0) is 66.9 Å². The molecule has 0 aliphatic carbocycles. The van der Waals surface area contributed by atoms with Crippen molar-refractivity contribution in [1.29, 1.82) is 0 Å². The van der Waals surface area contributed by atoms with Crippen LogP contribution in [0.1, 0.15) is 46.9 Å². The van der Waals surface area contributed by atoms with Crippen molar-refractivity contribution in [2.45, 2.75) is 32.7 Å². The number of aromatic carboxylic acids is 1. The predicted octanol–water partition coefficient (Wildman–Crippen LogP) is 4.79. The highest BCUT2D eigenvalue weighted by Gasteiger charge is 2.32. The van der Waals surface area contributed by atoms with Crippen LogP contribution in [0.4, 0.5) is 4.79 Å². The third-order valence-electron chi connectivity index (χ3n) is 6.71. The first kappa shape index (κ1) is 34.9. The van der Waals surface area contributed by atoms with Crippen molar-refractivity contribution in [3.05, 3.63) is 98.2 Å². The molecule has 1 aliphatic heterocycles. The second-order valence-electron chi connectivity index (χ2n) is 10.0. The van der Waals surface area contributed by atoms with E-state index in [0.717, 1.165) is 5.56 Å². The number of amides is 2. The van der Waals surface area contributed by atoms with Crippen molar-refractivity contribution in [1.82, 2.24) is 16.1 Å². The molecule has 47 heavy (non-hydrogen) atoms. The minimum atomic E-state index is -1.22. The number of hydrazone groups is 1. The fourth-order valence-corrected chi connectivity index (χ4v) is 5.12. The molecule has 0 bridgehead atoms. The maximum atomic E-state index is 12.4. The monoisotopic (exact) mass is 686 g/mol. The summed E-state index contributed by atoms with van der Waals surface area (Å²) in [6.07, 6.45) is 0.180. The van der Waals surface area contributed by atoms with Crippen LogP contribution in [-0.2, 0) is 16.1 Å². The van der Waals surface area contributed by atoms with Gasteiger partial charge >= 0.3 is 18.0 Å². The Labute approximate surface area is 280 Å². The number of halogens is 2. The number of urea groups is 1. The Bertz CT molecular complexity index is 1670. The zero-order valence-corrected chi connectivity index (χ0v) is 27.0. The van der Waals surface area contributed by atoms with Crippen molar-refractivity contribution in [2.24, 2.45) is 5.10 Å². The van der Waals surface area contributed by atoms with Crippen LogP contribution in [-0.4, -0.2) is 60.9 Å². The van der Waals surface area contributed by atoms with E-state index in [9.17, 15) is 19.5 Å². The van der Waals surface area contributed by atoms with Gasteiger partial charge in [0.2, 0.25) is 0 Å². The number of rotatable bonds is 14. The third kappa shape index (κ3) is 9.06. The van der Waals surface area contributed by atoms with E-state index in [4.69, 9.17) is 47.3 Å². The Balaban J connectivity index is 1.36. The fraction of sp³-hybridized carbons (Fsp3) is 0.250. The van der Waals surface area contributed by atoms with Crippen LogP contribution in [0, 0.1) is 0 Å². The molecule has 3 aromatic rings. The van der Waals surface area contributed by atoms with Gasteiger partial charge in [-0.3, -0.25) is 5.43 Å². The van der Waals surface area contributed by atoms with Crippen molar-refractivity contribution in [2.75, 3.05) is 20.3 Å². The van der Waals surface area contributed by atoms with Crippen LogP contribution in [0.5, 0.6) is 17.2 Å².